The summed E-state index contributed by atoms with van der Waals surface area (Å²) in [4.78, 5) is 52.4. The van der Waals surface area contributed by atoms with E-state index in [-0.39, 0.29) is 11.4 Å². The summed E-state index contributed by atoms with van der Waals surface area (Å²) in [5, 5.41) is 1.89. The quantitative estimate of drug-likeness (QED) is 0.168. The van der Waals surface area contributed by atoms with Crippen molar-refractivity contribution in [3.8, 4) is 0 Å². The molecule has 0 saturated heterocycles. The van der Waals surface area contributed by atoms with Crippen LogP contribution in [-0.2, 0) is 36.0 Å². The van der Waals surface area contributed by atoms with Crippen LogP contribution in [0.25, 0.3) is 0 Å². The van der Waals surface area contributed by atoms with Gasteiger partial charge < -0.3 is 14.5 Å². The summed E-state index contributed by atoms with van der Waals surface area (Å²) in [7, 11) is 2.87. The van der Waals surface area contributed by atoms with Gasteiger partial charge in [0.05, 0.1) is 33.9 Å². The lowest BCUT2D eigenvalue weighted by Crippen LogP contribution is -2.34. The lowest BCUT2D eigenvalue weighted by Gasteiger charge is -2.25. The summed E-state index contributed by atoms with van der Waals surface area (Å²) in [5.41, 5.74) is -4.84. The normalized spacial score (nSPS) is 11.7. The molecule has 0 radical (unpaired) electrons. The second-order valence-corrected chi connectivity index (χ2v) is 9.04. The van der Waals surface area contributed by atoms with Crippen molar-refractivity contribution in [2.75, 3.05) is 10.2 Å². The molecule has 8 nitrogen and oxygen atoms in total. The predicted octanol–water partition coefficient (Wildman–Crippen LogP) is 5.77. The molecule has 1 N–H and O–H groups in total. The number of carbonyl (C=O) groups is 4. The highest BCUT2D eigenvalue weighted by Crippen LogP contribution is 2.40. The molecule has 4 aromatic rings. The van der Waals surface area contributed by atoms with Gasteiger partial charge in [-0.2, -0.15) is 26.3 Å². The smallest absolute Gasteiger partial charge is 0.348 e. The average Bonchev–Trinajstić information content (AvgIpc) is 3.54. The number of aryl methyl sites for hydroxylation is 2. The van der Waals surface area contributed by atoms with Crippen LogP contribution < -0.4 is 10.2 Å². The molecule has 0 unspecified atom stereocenters. The van der Waals surface area contributed by atoms with E-state index in [4.69, 9.17) is 0 Å². The fourth-order valence-corrected chi connectivity index (χ4v) is 4.13. The Morgan fingerprint density at radius 1 is 0.690 bits per heavy atom. The van der Waals surface area contributed by atoms with E-state index in [0.29, 0.717) is 29.2 Å². The molecule has 2 aromatic carbocycles. The van der Waals surface area contributed by atoms with Gasteiger partial charge in [0.1, 0.15) is 0 Å². The molecule has 0 bridgehead atoms. The third-order valence-corrected chi connectivity index (χ3v) is 6.20. The van der Waals surface area contributed by atoms with Crippen molar-refractivity contribution in [2.24, 2.45) is 14.1 Å². The van der Waals surface area contributed by atoms with Gasteiger partial charge in [-0.25, -0.2) is 0 Å². The molecule has 2 heterocycles. The van der Waals surface area contributed by atoms with Crippen molar-refractivity contribution < 1.29 is 45.5 Å². The molecule has 14 heteroatoms. The predicted molar refractivity (Wildman–Crippen MR) is 138 cm³/mol. The van der Waals surface area contributed by atoms with E-state index in [9.17, 15) is 45.5 Å². The summed E-state index contributed by atoms with van der Waals surface area (Å²) in [6.45, 7) is 0. The Labute approximate surface area is 233 Å². The number of hydrogen-bond donors (Lipinski definition) is 1. The molecule has 2 amide bonds. The summed E-state index contributed by atoms with van der Waals surface area (Å²) in [6.07, 6.45) is -7.04. The third-order valence-electron chi connectivity index (χ3n) is 6.20. The maximum absolute atomic E-state index is 13.9. The molecule has 0 aliphatic carbocycles. The fraction of sp³-hybridized carbons (Fsp3) is 0.143. The largest absolute Gasteiger partial charge is 0.418 e. The van der Waals surface area contributed by atoms with Crippen LogP contribution in [0.15, 0.2) is 79.1 Å². The SMILES string of the molecule is Cn1cccc1C(=O)C(=O)Nc1cc(N(C(=O)C(=O)c2cccn2C)c2cccc(C(F)(F)F)c2)ccc1C(F)(F)F. The number of ketones is 2. The van der Waals surface area contributed by atoms with Crippen molar-refractivity contribution in [3.05, 3.63) is 102 Å². The zero-order valence-electron chi connectivity index (χ0n) is 21.7. The number of benzene rings is 2. The highest BCUT2D eigenvalue weighted by Gasteiger charge is 2.37. The number of carbonyl (C=O) groups excluding carboxylic acids is 4. The lowest BCUT2D eigenvalue weighted by atomic mass is 10.1. The first-order valence-corrected chi connectivity index (χ1v) is 11.9. The average molecular weight is 590 g/mol. The van der Waals surface area contributed by atoms with Gasteiger partial charge in [-0.15, -0.1) is 0 Å². The summed E-state index contributed by atoms with van der Waals surface area (Å²) >= 11 is 0. The highest BCUT2D eigenvalue weighted by molar-refractivity contribution is 6.48. The minimum atomic E-state index is -5.06. The van der Waals surface area contributed by atoms with Crippen LogP contribution in [0.1, 0.15) is 32.1 Å². The number of Topliss-reactive ketones (excluding diaryl/α,β-unsaturated/α-hetero) is 2. The molecular formula is C28H20F6N4O4. The minimum absolute atomic E-state index is 0.133. The molecule has 0 aliphatic rings. The molecule has 0 spiro atoms. The van der Waals surface area contributed by atoms with Gasteiger partial charge in [-0.3, -0.25) is 24.1 Å². The number of alkyl halides is 6. The number of nitrogens with one attached hydrogen (secondary N) is 1. The van der Waals surface area contributed by atoms with E-state index in [1.807, 2.05) is 5.32 Å². The maximum Gasteiger partial charge on any atom is 0.418 e. The number of anilines is 3. The van der Waals surface area contributed by atoms with Gasteiger partial charge in [-0.1, -0.05) is 6.07 Å². The molecule has 42 heavy (non-hydrogen) atoms. The standard InChI is InChI=1S/C28H20F6N4O4/c1-36-12-4-8-21(36)23(39)25(41)35-20-15-18(10-11-19(20)28(32,33)34)38(17-7-3-6-16(14-17)27(29,30)31)26(42)24(40)22-9-5-13-37(22)2/h3-15H,1-2H3,(H,35,41). The van der Waals surface area contributed by atoms with Gasteiger partial charge in [0.2, 0.25) is 0 Å². The molecule has 4 rings (SSSR count). The Hall–Kier alpha value is -5.14. The monoisotopic (exact) mass is 590 g/mol. The van der Waals surface area contributed by atoms with Crippen molar-refractivity contribution in [3.63, 3.8) is 0 Å². The summed E-state index contributed by atoms with van der Waals surface area (Å²) < 4.78 is 84.7. The van der Waals surface area contributed by atoms with Gasteiger partial charge >= 0.3 is 18.3 Å². The van der Waals surface area contributed by atoms with E-state index < -0.39 is 63.9 Å². The van der Waals surface area contributed by atoms with E-state index in [1.54, 1.807) is 0 Å². The first-order valence-electron chi connectivity index (χ1n) is 11.9. The van der Waals surface area contributed by atoms with Crippen LogP contribution in [0.4, 0.5) is 43.4 Å². The number of hydrogen-bond acceptors (Lipinski definition) is 4. The second-order valence-electron chi connectivity index (χ2n) is 9.04. The van der Waals surface area contributed by atoms with E-state index >= 15 is 0 Å². The first kappa shape index (κ1) is 29.8. The highest BCUT2D eigenvalue weighted by atomic mass is 19.4. The van der Waals surface area contributed by atoms with Crippen LogP contribution >= 0.6 is 0 Å². The first-order chi connectivity index (χ1) is 19.6. The van der Waals surface area contributed by atoms with Crippen LogP contribution in [-0.4, -0.2) is 32.5 Å². The number of aromatic nitrogens is 2. The zero-order chi connectivity index (χ0) is 31.0. The van der Waals surface area contributed by atoms with Crippen molar-refractivity contribution >= 4 is 40.4 Å². The Balaban J connectivity index is 1.86. The number of halogens is 6. The Kier molecular flexibility index (Phi) is 7.83. The maximum atomic E-state index is 13.9. The molecular weight excluding hydrogens is 570 g/mol. The van der Waals surface area contributed by atoms with Gasteiger partial charge in [0, 0.05) is 32.2 Å². The second kappa shape index (κ2) is 11.0. The Morgan fingerprint density at radius 2 is 1.26 bits per heavy atom. The van der Waals surface area contributed by atoms with Crippen LogP contribution in [0.2, 0.25) is 0 Å². The molecule has 0 aliphatic heterocycles. The van der Waals surface area contributed by atoms with Gasteiger partial charge in [-0.05, 0) is 60.7 Å². The molecule has 218 valence electrons. The van der Waals surface area contributed by atoms with Crippen molar-refractivity contribution in [2.45, 2.75) is 12.4 Å². The molecule has 0 atom stereocenters. The van der Waals surface area contributed by atoms with E-state index in [0.717, 1.165) is 18.2 Å². The Bertz CT molecular complexity index is 1700. The van der Waals surface area contributed by atoms with Crippen molar-refractivity contribution in [1.29, 1.82) is 0 Å². The molecule has 0 saturated carbocycles. The molecule has 0 fully saturated rings. The zero-order valence-corrected chi connectivity index (χ0v) is 21.7. The molecule has 2 aromatic heterocycles. The topological polar surface area (TPSA) is 93.4 Å². The Morgan fingerprint density at radius 3 is 1.79 bits per heavy atom. The van der Waals surface area contributed by atoms with Crippen LogP contribution in [0.5, 0.6) is 0 Å². The third kappa shape index (κ3) is 5.96. The van der Waals surface area contributed by atoms with Crippen LogP contribution in [0, 0.1) is 0 Å². The fourth-order valence-electron chi connectivity index (χ4n) is 4.13. The van der Waals surface area contributed by atoms with Crippen molar-refractivity contribution in [1.82, 2.24) is 9.13 Å². The summed E-state index contributed by atoms with van der Waals surface area (Å²) in [5.74, 6) is -5.20. The number of nitrogens with zero attached hydrogens (tertiary/aromatic N) is 3. The number of rotatable bonds is 7. The minimum Gasteiger partial charge on any atom is -0.348 e. The number of amides is 2. The van der Waals surface area contributed by atoms with Crippen LogP contribution in [0.3, 0.4) is 0 Å². The van der Waals surface area contributed by atoms with E-state index in [1.165, 1.54) is 59.9 Å². The van der Waals surface area contributed by atoms with Gasteiger partial charge in [0.15, 0.2) is 0 Å². The lowest BCUT2D eigenvalue weighted by molar-refractivity contribution is -0.138. The summed E-state index contributed by atoms with van der Waals surface area (Å²) in [6, 6.07) is 10.6. The van der Waals surface area contributed by atoms with E-state index in [2.05, 4.69) is 0 Å². The van der Waals surface area contributed by atoms with Gasteiger partial charge in [0.25, 0.3) is 17.5 Å².